The van der Waals surface area contributed by atoms with Crippen molar-refractivity contribution >= 4 is 41.3 Å². The third-order valence-corrected chi connectivity index (χ3v) is 16.9. The van der Waals surface area contributed by atoms with E-state index in [0.29, 0.717) is 53.3 Å². The molecule has 3 aliphatic rings. The summed E-state index contributed by atoms with van der Waals surface area (Å²) < 4.78 is 36.8. The summed E-state index contributed by atoms with van der Waals surface area (Å²) in [4.78, 5) is 24.6. The molecule has 9 atom stereocenters. The Morgan fingerprint density at radius 1 is 0.774 bits per heavy atom. The number of hydrogen-bond donors (Lipinski definition) is 0. The molecule has 344 valence electrons. The number of carbonyl (C=O) groups excluding carboxylic acids is 2. The minimum Gasteiger partial charge on any atom is -0.459 e. The molecule has 0 heterocycles. The molecule has 0 saturated heterocycles. The molecule has 62 heavy (non-hydrogen) atoms. The first-order valence-electron chi connectivity index (χ1n) is 23.5. The van der Waals surface area contributed by atoms with Crippen LogP contribution in [0, 0.1) is 59.0 Å². The van der Waals surface area contributed by atoms with E-state index < -0.39 is 25.2 Å². The zero-order valence-electron chi connectivity index (χ0n) is 40.3. The van der Waals surface area contributed by atoms with Gasteiger partial charge in [0.1, 0.15) is 23.8 Å². The summed E-state index contributed by atoms with van der Waals surface area (Å²) in [6.45, 7) is 29.9. The second-order valence-electron chi connectivity index (χ2n) is 19.0. The van der Waals surface area contributed by atoms with Gasteiger partial charge in [-0.05, 0) is 129 Å². The van der Waals surface area contributed by atoms with Gasteiger partial charge in [0.25, 0.3) is 0 Å². The van der Waals surface area contributed by atoms with Crippen molar-refractivity contribution in [3.63, 3.8) is 0 Å². The largest absolute Gasteiger partial charge is 0.459 e. The van der Waals surface area contributed by atoms with E-state index in [1.165, 1.54) is 65.2 Å². The summed E-state index contributed by atoms with van der Waals surface area (Å²) in [5, 5.41) is 2.47. The number of hydrogen-bond acceptors (Lipinski definition) is 4. The van der Waals surface area contributed by atoms with Gasteiger partial charge in [0.2, 0.25) is 0 Å². The quantitative estimate of drug-likeness (QED) is 0.0741. The van der Waals surface area contributed by atoms with E-state index in [9.17, 15) is 18.4 Å². The van der Waals surface area contributed by atoms with Crippen LogP contribution in [-0.2, 0) is 19.1 Å². The third-order valence-electron chi connectivity index (χ3n) is 13.2. The van der Waals surface area contributed by atoms with Gasteiger partial charge >= 0.3 is 25.2 Å². The monoisotopic (exact) mass is 893 g/mol. The second kappa shape index (κ2) is 28.7. The first kappa shape index (κ1) is 55.2. The van der Waals surface area contributed by atoms with E-state index in [-0.39, 0.29) is 23.8 Å². The highest BCUT2D eigenvalue weighted by molar-refractivity contribution is 7.06. The normalized spacial score (nSPS) is 26.1. The lowest BCUT2D eigenvalue weighted by atomic mass is 9.71. The number of carbonyl (C=O) groups is 2. The maximum Gasteiger partial charge on any atom is 0.399 e. The molecule has 0 bridgehead atoms. The van der Waals surface area contributed by atoms with E-state index in [2.05, 4.69) is 88.8 Å². The zero-order valence-corrected chi connectivity index (χ0v) is 42.2. The van der Waals surface area contributed by atoms with Crippen molar-refractivity contribution < 1.29 is 27.8 Å². The van der Waals surface area contributed by atoms with Crippen LogP contribution in [0.25, 0.3) is 6.08 Å². The average molecular weight is 894 g/mol. The summed E-state index contributed by atoms with van der Waals surface area (Å²) in [5.74, 6) is 3.50. The Hall–Kier alpha value is -2.98. The lowest BCUT2D eigenvalue weighted by Gasteiger charge is -2.36. The molecule has 5 rings (SSSR count). The molecule has 0 amide bonds. The summed E-state index contributed by atoms with van der Waals surface area (Å²) in [6.07, 6.45) is 16.0. The molecular formula is C54H80AlClF2O4. The Morgan fingerprint density at radius 3 is 1.60 bits per heavy atom. The van der Waals surface area contributed by atoms with Crippen LogP contribution in [0.3, 0.4) is 0 Å². The van der Waals surface area contributed by atoms with E-state index >= 15 is 0 Å². The second-order valence-corrected chi connectivity index (χ2v) is 23.7. The van der Waals surface area contributed by atoms with E-state index in [4.69, 9.17) is 19.5 Å². The first-order chi connectivity index (χ1) is 29.3. The molecule has 3 aliphatic carbocycles. The van der Waals surface area contributed by atoms with Gasteiger partial charge in [-0.25, -0.2) is 18.4 Å². The standard InChI is InChI=1S/C24H40O4.C15H19F.C11H11F.2C2H5.Al.ClH/c1-15(2)19-9-7-17(5)13-21(19)27-23(25)11-12-24(26)28-22-14-18(6)8-10-20(22)16(3)4;1-10-4-5-11(2)15(12(10)3)13-6-8-14(16)9-7-13;1-3-9(2)8-10-4-6-11(12)7-5-10;2*1-2;;/h11-12,15-22H,7-10,13-14H2,1-6H3;5-10,12,15H,4H2,1-3H3;3-8H,1H2,2H3;2*1H2,2H3;;1H/q;;;;;+1;/p-1/b12-11+;;9-8+;;;;/t17-,18-,19+,20+,21-,22-;10-,12+,15?;;;;;/m10...../s1. The Labute approximate surface area is 384 Å². The van der Waals surface area contributed by atoms with Gasteiger partial charge < -0.3 is 9.47 Å². The molecule has 2 saturated carbocycles. The topological polar surface area (TPSA) is 52.6 Å². The number of halogens is 3. The predicted octanol–water partition coefficient (Wildman–Crippen LogP) is 15.8. The van der Waals surface area contributed by atoms with Crippen LogP contribution < -0.4 is 0 Å². The Bertz CT molecular complexity index is 1670. The summed E-state index contributed by atoms with van der Waals surface area (Å²) in [6, 6.07) is 13.3. The van der Waals surface area contributed by atoms with Gasteiger partial charge in [-0.2, -0.15) is 0 Å². The van der Waals surface area contributed by atoms with Crippen LogP contribution in [0.4, 0.5) is 8.78 Å². The molecule has 8 heteroatoms. The van der Waals surface area contributed by atoms with Crippen LogP contribution in [0.15, 0.2) is 90.6 Å². The molecular weight excluding hydrogens is 813 g/mol. The molecule has 4 nitrogen and oxygen atoms in total. The predicted molar refractivity (Wildman–Crippen MR) is 260 cm³/mol. The lowest BCUT2D eigenvalue weighted by Crippen LogP contribution is -2.36. The summed E-state index contributed by atoms with van der Waals surface area (Å²) in [5.41, 5.74) is 4.74. The van der Waals surface area contributed by atoms with Crippen LogP contribution in [0.2, 0.25) is 10.6 Å². The summed E-state index contributed by atoms with van der Waals surface area (Å²) >= 11 is -0.688. The summed E-state index contributed by atoms with van der Waals surface area (Å²) in [7, 11) is 5.79. The van der Waals surface area contributed by atoms with Gasteiger partial charge in [0.05, 0.1) is 0 Å². The van der Waals surface area contributed by atoms with Gasteiger partial charge in [-0.15, -0.1) is 0 Å². The van der Waals surface area contributed by atoms with Gasteiger partial charge in [-0.1, -0.05) is 153 Å². The first-order valence-corrected chi connectivity index (χ1v) is 26.9. The van der Waals surface area contributed by atoms with Crippen molar-refractivity contribution in [2.45, 2.75) is 157 Å². The number of allylic oxidation sites excluding steroid dienone is 4. The number of rotatable bonds is 11. The Kier molecular flexibility index (Phi) is 25.6. The highest BCUT2D eigenvalue weighted by Crippen LogP contribution is 2.41. The van der Waals surface area contributed by atoms with Gasteiger partial charge in [0, 0.05) is 18.1 Å². The van der Waals surface area contributed by atoms with Crippen LogP contribution in [0.5, 0.6) is 0 Å². The fraction of sp³-hybridized carbons (Fsp3) is 0.593. The van der Waals surface area contributed by atoms with Gasteiger partial charge in [-0.3, -0.25) is 10.0 Å². The van der Waals surface area contributed by atoms with Crippen LogP contribution >= 0.6 is 10.0 Å². The Morgan fingerprint density at radius 2 is 1.21 bits per heavy atom. The van der Waals surface area contributed by atoms with Crippen LogP contribution in [-0.4, -0.2) is 37.4 Å². The smallest absolute Gasteiger partial charge is 0.399 e. The van der Waals surface area contributed by atoms with Crippen molar-refractivity contribution in [3.05, 3.63) is 113 Å². The van der Waals surface area contributed by atoms with E-state index in [1.54, 1.807) is 30.3 Å². The van der Waals surface area contributed by atoms with Crippen molar-refractivity contribution in [1.82, 2.24) is 0 Å². The van der Waals surface area contributed by atoms with E-state index in [1.807, 2.05) is 25.1 Å². The van der Waals surface area contributed by atoms with Crippen molar-refractivity contribution in [2.24, 2.45) is 47.3 Å². The lowest BCUT2D eigenvalue weighted by molar-refractivity contribution is -0.152. The number of ether oxygens (including phenoxy) is 2. The Balaban J connectivity index is 0.000000326. The van der Waals surface area contributed by atoms with Crippen LogP contribution in [0.1, 0.15) is 145 Å². The highest BCUT2D eigenvalue weighted by atomic mass is 35.6. The minimum atomic E-state index is -0.688. The average Bonchev–Trinajstić information content (AvgIpc) is 3.23. The van der Waals surface area contributed by atoms with Gasteiger partial charge in [0.15, 0.2) is 0 Å². The highest BCUT2D eigenvalue weighted by Gasteiger charge is 2.35. The zero-order chi connectivity index (χ0) is 46.5. The van der Waals surface area contributed by atoms with E-state index in [0.717, 1.165) is 36.8 Å². The number of benzene rings is 2. The van der Waals surface area contributed by atoms with Crippen molar-refractivity contribution in [1.29, 1.82) is 0 Å². The SMILES string of the molecule is C=C/C(C)=C/c1ccc(F)cc1.CC(C)[C@@H]1CC[C@@H](C)C[C@H]1OC(=O)/C=C/C(=O)O[C@@H]1C[C@H](C)CC[C@H]1C(C)C.CC1=CC[C@H](C)[C@@H](C)C1c1ccc(F)cc1.C[CH2][Al]([Cl])[CH2]C. The molecule has 0 spiro atoms. The van der Waals surface area contributed by atoms with Crippen molar-refractivity contribution in [3.8, 4) is 0 Å². The fourth-order valence-corrected chi connectivity index (χ4v) is 9.45. The molecule has 0 aliphatic heterocycles. The minimum absolute atomic E-state index is 0.0542. The molecule has 0 radical (unpaired) electrons. The molecule has 2 aromatic rings. The molecule has 0 N–H and O–H groups in total. The molecule has 2 fully saturated rings. The third kappa shape index (κ3) is 19.8. The maximum absolute atomic E-state index is 12.9. The van der Waals surface area contributed by atoms with Crippen molar-refractivity contribution in [2.75, 3.05) is 0 Å². The maximum atomic E-state index is 12.9. The fourth-order valence-electron chi connectivity index (χ4n) is 8.88. The molecule has 1 unspecified atom stereocenters. The number of esters is 2. The molecule has 0 aromatic heterocycles. The molecule has 2 aromatic carbocycles.